The maximum absolute atomic E-state index is 12.5. The first-order valence-corrected chi connectivity index (χ1v) is 7.69. The Balaban J connectivity index is 2.27. The first-order valence-electron chi connectivity index (χ1n) is 6.90. The SMILES string of the molecule is CCOc1cc(N)cc(C(=O)N(C#N)Cc2ccccc2Br)n1. The van der Waals surface area contributed by atoms with Gasteiger partial charge in [-0.2, -0.15) is 5.26 Å². The molecule has 2 N–H and O–H groups in total. The van der Waals surface area contributed by atoms with Gasteiger partial charge >= 0.3 is 0 Å². The molecule has 7 heteroatoms. The molecule has 0 spiro atoms. The Morgan fingerprint density at radius 3 is 2.83 bits per heavy atom. The molecule has 1 amide bonds. The van der Waals surface area contributed by atoms with Crippen molar-refractivity contribution < 1.29 is 9.53 Å². The summed E-state index contributed by atoms with van der Waals surface area (Å²) < 4.78 is 6.10. The van der Waals surface area contributed by atoms with Crippen LogP contribution in [0.15, 0.2) is 40.9 Å². The van der Waals surface area contributed by atoms with Crippen LogP contribution in [-0.4, -0.2) is 22.4 Å². The summed E-state index contributed by atoms with van der Waals surface area (Å²) in [7, 11) is 0. The second-order valence-electron chi connectivity index (χ2n) is 4.64. The highest BCUT2D eigenvalue weighted by Gasteiger charge is 2.19. The Bertz CT molecular complexity index is 758. The summed E-state index contributed by atoms with van der Waals surface area (Å²) in [5.74, 6) is -0.272. The fraction of sp³-hybridized carbons (Fsp3) is 0.188. The van der Waals surface area contributed by atoms with Gasteiger partial charge in [-0.05, 0) is 24.6 Å². The Kier molecular flexibility index (Phi) is 5.55. The maximum Gasteiger partial charge on any atom is 0.286 e. The van der Waals surface area contributed by atoms with Gasteiger partial charge in [-0.15, -0.1) is 0 Å². The molecule has 0 bridgehead atoms. The van der Waals surface area contributed by atoms with Crippen LogP contribution in [0, 0.1) is 11.5 Å². The van der Waals surface area contributed by atoms with E-state index in [9.17, 15) is 10.1 Å². The highest BCUT2D eigenvalue weighted by molar-refractivity contribution is 9.10. The van der Waals surface area contributed by atoms with Crippen LogP contribution in [0.3, 0.4) is 0 Å². The summed E-state index contributed by atoms with van der Waals surface area (Å²) in [6.07, 6.45) is 1.89. The van der Waals surface area contributed by atoms with Gasteiger partial charge in [0.25, 0.3) is 5.91 Å². The Morgan fingerprint density at radius 2 is 2.17 bits per heavy atom. The number of halogens is 1. The fourth-order valence-electron chi connectivity index (χ4n) is 1.94. The van der Waals surface area contributed by atoms with Crippen molar-refractivity contribution in [3.05, 3.63) is 52.1 Å². The number of carbonyl (C=O) groups excluding carboxylic acids is 1. The minimum absolute atomic E-state index is 0.0713. The lowest BCUT2D eigenvalue weighted by atomic mass is 10.2. The normalized spacial score (nSPS) is 9.96. The zero-order valence-electron chi connectivity index (χ0n) is 12.5. The van der Waals surface area contributed by atoms with E-state index in [1.165, 1.54) is 12.1 Å². The molecular formula is C16H15BrN4O2. The Hall–Kier alpha value is -2.59. The standard InChI is InChI=1S/C16H15BrN4O2/c1-2-23-15-8-12(19)7-14(20-15)16(22)21(10-18)9-11-5-3-4-6-13(11)17/h3-8H,2,9H2,1H3,(H2,19,20). The zero-order chi connectivity index (χ0) is 16.8. The molecule has 0 radical (unpaired) electrons. The van der Waals surface area contributed by atoms with Gasteiger partial charge < -0.3 is 10.5 Å². The lowest BCUT2D eigenvalue weighted by Crippen LogP contribution is -2.27. The molecule has 1 aromatic carbocycles. The number of rotatable bonds is 5. The van der Waals surface area contributed by atoms with E-state index >= 15 is 0 Å². The van der Waals surface area contributed by atoms with Gasteiger partial charge in [-0.3, -0.25) is 4.79 Å². The molecule has 23 heavy (non-hydrogen) atoms. The third-order valence-electron chi connectivity index (χ3n) is 2.99. The monoisotopic (exact) mass is 374 g/mol. The third-order valence-corrected chi connectivity index (χ3v) is 3.76. The number of anilines is 1. The average molecular weight is 375 g/mol. The minimum Gasteiger partial charge on any atom is -0.478 e. The van der Waals surface area contributed by atoms with Crippen LogP contribution in [0.5, 0.6) is 5.88 Å². The average Bonchev–Trinajstić information content (AvgIpc) is 2.53. The molecule has 118 valence electrons. The number of nitrogen functional groups attached to an aromatic ring is 1. The summed E-state index contributed by atoms with van der Waals surface area (Å²) in [4.78, 5) is 17.6. The molecule has 0 fully saturated rings. The highest BCUT2D eigenvalue weighted by Crippen LogP contribution is 2.20. The molecule has 0 aliphatic rings. The number of aromatic nitrogens is 1. The summed E-state index contributed by atoms with van der Waals surface area (Å²) in [6, 6.07) is 10.3. The van der Waals surface area contributed by atoms with Gasteiger partial charge in [0.05, 0.1) is 13.2 Å². The zero-order valence-corrected chi connectivity index (χ0v) is 14.1. The molecule has 0 atom stereocenters. The van der Waals surface area contributed by atoms with Crippen LogP contribution in [0.25, 0.3) is 0 Å². The van der Waals surface area contributed by atoms with E-state index in [4.69, 9.17) is 10.5 Å². The molecule has 1 heterocycles. The number of nitrogens with zero attached hydrogens (tertiary/aromatic N) is 3. The number of ether oxygens (including phenoxy) is 1. The van der Waals surface area contributed by atoms with Crippen molar-refractivity contribution in [2.24, 2.45) is 0 Å². The van der Waals surface area contributed by atoms with Crippen molar-refractivity contribution in [2.45, 2.75) is 13.5 Å². The number of pyridine rings is 1. The second-order valence-corrected chi connectivity index (χ2v) is 5.49. The molecule has 0 saturated carbocycles. The Morgan fingerprint density at radius 1 is 1.43 bits per heavy atom. The van der Waals surface area contributed by atoms with Gasteiger partial charge in [-0.1, -0.05) is 34.1 Å². The molecular weight excluding hydrogens is 360 g/mol. The first-order chi connectivity index (χ1) is 11.0. The molecule has 0 saturated heterocycles. The topological polar surface area (TPSA) is 92.2 Å². The van der Waals surface area contributed by atoms with Gasteiger partial charge in [0.15, 0.2) is 6.19 Å². The van der Waals surface area contributed by atoms with Crippen molar-refractivity contribution in [1.29, 1.82) is 5.26 Å². The predicted octanol–water partition coefficient (Wildman–Crippen LogP) is 2.95. The minimum atomic E-state index is -0.531. The predicted molar refractivity (Wildman–Crippen MR) is 89.4 cm³/mol. The number of nitriles is 1. The van der Waals surface area contributed by atoms with E-state index < -0.39 is 5.91 Å². The van der Waals surface area contributed by atoms with Crippen molar-refractivity contribution in [2.75, 3.05) is 12.3 Å². The van der Waals surface area contributed by atoms with E-state index in [-0.39, 0.29) is 18.1 Å². The maximum atomic E-state index is 12.5. The fourth-order valence-corrected chi connectivity index (χ4v) is 2.35. The smallest absolute Gasteiger partial charge is 0.286 e. The molecule has 0 aliphatic heterocycles. The van der Waals surface area contributed by atoms with Gasteiger partial charge in [0, 0.05) is 16.2 Å². The number of amides is 1. The molecule has 2 aromatic rings. The van der Waals surface area contributed by atoms with Crippen molar-refractivity contribution in [3.63, 3.8) is 0 Å². The highest BCUT2D eigenvalue weighted by atomic mass is 79.9. The summed E-state index contributed by atoms with van der Waals surface area (Å²) in [6.45, 7) is 2.35. The first kappa shape index (κ1) is 16.8. The number of carbonyl (C=O) groups is 1. The van der Waals surface area contributed by atoms with E-state index in [0.717, 1.165) is 14.9 Å². The molecule has 6 nitrogen and oxygen atoms in total. The lowest BCUT2D eigenvalue weighted by Gasteiger charge is -2.15. The third kappa shape index (κ3) is 4.20. The molecule has 0 unspecified atom stereocenters. The van der Waals surface area contributed by atoms with E-state index in [0.29, 0.717) is 12.3 Å². The van der Waals surface area contributed by atoms with E-state index in [1.807, 2.05) is 30.5 Å². The van der Waals surface area contributed by atoms with Crippen LogP contribution in [0.4, 0.5) is 5.69 Å². The summed E-state index contributed by atoms with van der Waals surface area (Å²) in [5.41, 5.74) is 7.00. The quantitative estimate of drug-likeness (QED) is 0.641. The van der Waals surface area contributed by atoms with Crippen LogP contribution >= 0.6 is 15.9 Å². The van der Waals surface area contributed by atoms with Crippen LogP contribution in [0.1, 0.15) is 23.0 Å². The number of benzene rings is 1. The Labute approximate surface area is 142 Å². The van der Waals surface area contributed by atoms with Crippen molar-refractivity contribution >= 4 is 27.5 Å². The molecule has 2 rings (SSSR count). The van der Waals surface area contributed by atoms with Crippen molar-refractivity contribution in [1.82, 2.24) is 9.88 Å². The van der Waals surface area contributed by atoms with Gasteiger partial charge in [-0.25, -0.2) is 9.88 Å². The summed E-state index contributed by atoms with van der Waals surface area (Å²) in [5, 5.41) is 9.30. The second kappa shape index (κ2) is 7.61. The number of hydrogen-bond donors (Lipinski definition) is 1. The largest absolute Gasteiger partial charge is 0.478 e. The van der Waals surface area contributed by atoms with Crippen LogP contribution in [-0.2, 0) is 6.54 Å². The molecule has 0 aliphatic carbocycles. The van der Waals surface area contributed by atoms with E-state index in [1.54, 1.807) is 6.92 Å². The number of hydrogen-bond acceptors (Lipinski definition) is 5. The van der Waals surface area contributed by atoms with Gasteiger partial charge in [0.2, 0.25) is 5.88 Å². The summed E-state index contributed by atoms with van der Waals surface area (Å²) >= 11 is 3.40. The lowest BCUT2D eigenvalue weighted by molar-refractivity contribution is 0.0817. The van der Waals surface area contributed by atoms with Crippen molar-refractivity contribution in [3.8, 4) is 12.1 Å². The number of nitrogens with two attached hydrogens (primary N) is 1. The molecule has 1 aromatic heterocycles. The van der Waals surface area contributed by atoms with Crippen LogP contribution < -0.4 is 10.5 Å². The van der Waals surface area contributed by atoms with E-state index in [2.05, 4.69) is 20.9 Å². The van der Waals surface area contributed by atoms with Crippen LogP contribution in [0.2, 0.25) is 0 Å². The van der Waals surface area contributed by atoms with Gasteiger partial charge in [0.1, 0.15) is 5.69 Å².